The van der Waals surface area contributed by atoms with E-state index in [0.717, 1.165) is 11.1 Å². The molecule has 128 valence electrons. The fraction of sp³-hybridized carbons (Fsp3) is 0.389. The van der Waals surface area contributed by atoms with Crippen molar-refractivity contribution < 1.29 is 14.7 Å². The Hall–Kier alpha value is -2.63. The molecule has 0 radical (unpaired) electrons. The smallest absolute Gasteiger partial charge is 0.330 e. The summed E-state index contributed by atoms with van der Waals surface area (Å²) in [4.78, 5) is 24.0. The molecule has 0 aliphatic heterocycles. The van der Waals surface area contributed by atoms with Crippen molar-refractivity contribution in [3.63, 3.8) is 0 Å². The number of carboxylic acid groups (broad SMARTS) is 1. The van der Waals surface area contributed by atoms with Gasteiger partial charge in [-0.1, -0.05) is 29.3 Å². The molecule has 0 fully saturated rings. The lowest BCUT2D eigenvalue weighted by atomic mass is 10.0. The largest absolute Gasteiger partial charge is 0.479 e. The number of aryl methyl sites for hydroxylation is 2. The molecule has 0 aliphatic carbocycles. The Morgan fingerprint density at radius 3 is 2.21 bits per heavy atom. The zero-order valence-corrected chi connectivity index (χ0v) is 14.6. The number of nitrogens with one attached hydrogen (secondary N) is 1. The van der Waals surface area contributed by atoms with Crippen LogP contribution in [0.3, 0.4) is 0 Å². The van der Waals surface area contributed by atoms with Gasteiger partial charge in [-0.15, -0.1) is 0 Å². The lowest BCUT2D eigenvalue weighted by molar-refractivity contribution is -0.139. The van der Waals surface area contributed by atoms with Crippen molar-refractivity contribution in [1.29, 1.82) is 0 Å². The van der Waals surface area contributed by atoms with Crippen LogP contribution in [-0.4, -0.2) is 26.8 Å². The van der Waals surface area contributed by atoms with Crippen LogP contribution in [0.5, 0.6) is 0 Å². The molecule has 1 unspecified atom stereocenters. The summed E-state index contributed by atoms with van der Waals surface area (Å²) in [6.07, 6.45) is 3.07. The van der Waals surface area contributed by atoms with Gasteiger partial charge in [-0.05, 0) is 40.2 Å². The van der Waals surface area contributed by atoms with Crippen molar-refractivity contribution in [3.05, 3.63) is 52.8 Å². The molecule has 24 heavy (non-hydrogen) atoms. The number of nitrogens with zero attached hydrogens (tertiary/aromatic N) is 2. The first-order chi connectivity index (χ1) is 11.1. The van der Waals surface area contributed by atoms with E-state index >= 15 is 0 Å². The molecule has 0 saturated carbocycles. The van der Waals surface area contributed by atoms with Gasteiger partial charge in [-0.3, -0.25) is 9.48 Å². The van der Waals surface area contributed by atoms with E-state index in [1.165, 1.54) is 6.20 Å². The third-order valence-electron chi connectivity index (χ3n) is 3.63. The summed E-state index contributed by atoms with van der Waals surface area (Å²) < 4.78 is 1.68. The van der Waals surface area contributed by atoms with Crippen molar-refractivity contribution in [2.24, 2.45) is 0 Å². The Kier molecular flexibility index (Phi) is 4.78. The van der Waals surface area contributed by atoms with Gasteiger partial charge in [0, 0.05) is 6.20 Å². The van der Waals surface area contributed by atoms with E-state index in [-0.39, 0.29) is 5.54 Å². The average Bonchev–Trinajstić information content (AvgIpc) is 2.92. The van der Waals surface area contributed by atoms with Crippen LogP contribution in [0.4, 0.5) is 0 Å². The van der Waals surface area contributed by atoms with Crippen molar-refractivity contribution in [3.8, 4) is 0 Å². The second kappa shape index (κ2) is 6.47. The van der Waals surface area contributed by atoms with Crippen molar-refractivity contribution in [2.45, 2.75) is 46.2 Å². The zero-order valence-electron chi connectivity index (χ0n) is 14.6. The van der Waals surface area contributed by atoms with Gasteiger partial charge in [-0.25, -0.2) is 4.79 Å². The maximum atomic E-state index is 12.4. The molecule has 1 aromatic carbocycles. The number of aromatic nitrogens is 2. The molecule has 6 nitrogen and oxygen atoms in total. The van der Waals surface area contributed by atoms with Crippen LogP contribution in [0, 0.1) is 13.8 Å². The topological polar surface area (TPSA) is 84.2 Å². The van der Waals surface area contributed by atoms with Gasteiger partial charge >= 0.3 is 5.97 Å². The van der Waals surface area contributed by atoms with Crippen LogP contribution in [0.2, 0.25) is 0 Å². The first-order valence-electron chi connectivity index (χ1n) is 7.75. The molecular formula is C18H23N3O3. The monoisotopic (exact) mass is 329 g/mol. The lowest BCUT2D eigenvalue weighted by Gasteiger charge is -2.19. The molecule has 1 atom stereocenters. The Labute approximate surface area is 141 Å². The third kappa shape index (κ3) is 4.01. The predicted octanol–water partition coefficient (Wildman–Crippen LogP) is 2.81. The molecule has 0 saturated heterocycles. The number of hydrogen-bond donors (Lipinski definition) is 2. The third-order valence-corrected chi connectivity index (χ3v) is 3.63. The van der Waals surface area contributed by atoms with E-state index in [9.17, 15) is 14.7 Å². The fourth-order valence-corrected chi connectivity index (χ4v) is 2.49. The normalized spacial score (nSPS) is 12.7. The van der Waals surface area contributed by atoms with Gasteiger partial charge in [0.2, 0.25) is 0 Å². The van der Waals surface area contributed by atoms with Gasteiger partial charge in [0.1, 0.15) is 0 Å². The van der Waals surface area contributed by atoms with Crippen LogP contribution in [0.25, 0.3) is 0 Å². The molecule has 0 spiro atoms. The highest BCUT2D eigenvalue weighted by Crippen LogP contribution is 2.19. The average molecular weight is 329 g/mol. The van der Waals surface area contributed by atoms with Crippen LogP contribution in [0.15, 0.2) is 30.6 Å². The molecule has 6 heteroatoms. The van der Waals surface area contributed by atoms with Crippen molar-refractivity contribution in [2.75, 3.05) is 0 Å². The SMILES string of the molecule is Cc1cc(C)cc(C(NC(=O)c2cnn(C(C)(C)C)c2)C(=O)O)c1. The number of benzene rings is 1. The van der Waals surface area contributed by atoms with Crippen molar-refractivity contribution >= 4 is 11.9 Å². The molecular weight excluding hydrogens is 306 g/mol. The summed E-state index contributed by atoms with van der Waals surface area (Å²) >= 11 is 0. The summed E-state index contributed by atoms with van der Waals surface area (Å²) in [7, 11) is 0. The fourth-order valence-electron chi connectivity index (χ4n) is 2.49. The van der Waals surface area contributed by atoms with Gasteiger partial charge in [0.05, 0.1) is 17.3 Å². The van der Waals surface area contributed by atoms with E-state index in [1.807, 2.05) is 40.7 Å². The second-order valence-corrected chi connectivity index (χ2v) is 7.01. The summed E-state index contributed by atoms with van der Waals surface area (Å²) in [5.41, 5.74) is 2.53. The Bertz CT molecular complexity index is 752. The van der Waals surface area contributed by atoms with Crippen LogP contribution in [0.1, 0.15) is 53.9 Å². The minimum absolute atomic E-state index is 0.252. The maximum Gasteiger partial charge on any atom is 0.330 e. The number of aliphatic carboxylic acids is 1. The summed E-state index contributed by atoms with van der Waals surface area (Å²) in [6, 6.07) is 4.39. The molecule has 2 aromatic rings. The first-order valence-corrected chi connectivity index (χ1v) is 7.75. The number of carboxylic acids is 1. The summed E-state index contributed by atoms with van der Waals surface area (Å²) in [6.45, 7) is 9.70. The molecule has 0 bridgehead atoms. The van der Waals surface area contributed by atoms with E-state index in [1.54, 1.807) is 23.0 Å². The Morgan fingerprint density at radius 2 is 1.75 bits per heavy atom. The second-order valence-electron chi connectivity index (χ2n) is 7.01. The standard InChI is InChI=1S/C18H23N3O3/c1-11-6-12(2)8-13(7-11)15(17(23)24)20-16(22)14-9-19-21(10-14)18(3,4)5/h6-10,15H,1-5H3,(H,20,22)(H,23,24). The van der Waals surface area contributed by atoms with Crippen LogP contribution in [-0.2, 0) is 10.3 Å². The predicted molar refractivity (Wildman–Crippen MR) is 91.0 cm³/mol. The highest BCUT2D eigenvalue weighted by molar-refractivity contribution is 5.96. The highest BCUT2D eigenvalue weighted by Gasteiger charge is 2.24. The van der Waals surface area contributed by atoms with Crippen LogP contribution >= 0.6 is 0 Å². The number of carbonyl (C=O) groups excluding carboxylic acids is 1. The minimum atomic E-state index is -1.10. The molecule has 1 heterocycles. The maximum absolute atomic E-state index is 12.4. The number of rotatable bonds is 4. The molecule has 2 rings (SSSR count). The van der Waals surface area contributed by atoms with E-state index in [0.29, 0.717) is 11.1 Å². The Morgan fingerprint density at radius 1 is 1.17 bits per heavy atom. The number of hydrogen-bond acceptors (Lipinski definition) is 3. The zero-order chi connectivity index (χ0) is 18.1. The summed E-state index contributed by atoms with van der Waals surface area (Å²) in [5.74, 6) is -1.56. The van der Waals surface area contributed by atoms with Gasteiger partial charge in [0.25, 0.3) is 5.91 Å². The first kappa shape index (κ1) is 17.7. The quantitative estimate of drug-likeness (QED) is 0.903. The molecule has 2 N–H and O–H groups in total. The minimum Gasteiger partial charge on any atom is -0.479 e. The Balaban J connectivity index is 2.26. The number of carbonyl (C=O) groups is 2. The van der Waals surface area contributed by atoms with Gasteiger partial charge in [-0.2, -0.15) is 5.10 Å². The van der Waals surface area contributed by atoms with Crippen molar-refractivity contribution in [1.82, 2.24) is 15.1 Å². The van der Waals surface area contributed by atoms with Crippen LogP contribution < -0.4 is 5.32 Å². The lowest BCUT2D eigenvalue weighted by Crippen LogP contribution is -2.33. The van der Waals surface area contributed by atoms with Gasteiger partial charge < -0.3 is 10.4 Å². The van der Waals surface area contributed by atoms with E-state index < -0.39 is 17.9 Å². The number of amides is 1. The van der Waals surface area contributed by atoms with E-state index in [2.05, 4.69) is 10.4 Å². The van der Waals surface area contributed by atoms with E-state index in [4.69, 9.17) is 0 Å². The van der Waals surface area contributed by atoms with Gasteiger partial charge in [0.15, 0.2) is 6.04 Å². The highest BCUT2D eigenvalue weighted by atomic mass is 16.4. The molecule has 1 aromatic heterocycles. The molecule has 0 aliphatic rings. The molecule has 1 amide bonds. The summed E-state index contributed by atoms with van der Waals surface area (Å²) in [5, 5.41) is 16.2.